The fourth-order valence-corrected chi connectivity index (χ4v) is 4.66. The summed E-state index contributed by atoms with van der Waals surface area (Å²) < 4.78 is 0. The van der Waals surface area contributed by atoms with Gasteiger partial charge in [0.2, 0.25) is 11.6 Å². The van der Waals surface area contributed by atoms with Gasteiger partial charge in [0.25, 0.3) is 0 Å². The highest BCUT2D eigenvalue weighted by Gasteiger charge is 2.31. The van der Waals surface area contributed by atoms with Crippen molar-refractivity contribution in [2.45, 2.75) is 119 Å². The molecule has 0 aromatic heterocycles. The van der Waals surface area contributed by atoms with Crippen molar-refractivity contribution in [3.8, 4) is 0 Å². The van der Waals surface area contributed by atoms with Crippen LogP contribution in [0.3, 0.4) is 0 Å². The van der Waals surface area contributed by atoms with Crippen LogP contribution >= 0.6 is 0 Å². The quantitative estimate of drug-likeness (QED) is 0.274. The van der Waals surface area contributed by atoms with E-state index in [0.717, 1.165) is 22.3 Å². The average molecular weight is 463 g/mol. The first-order chi connectivity index (χ1) is 15.7. The van der Waals surface area contributed by atoms with Crippen LogP contribution in [-0.2, 0) is 0 Å². The summed E-state index contributed by atoms with van der Waals surface area (Å²) >= 11 is 0. The fourth-order valence-electron chi connectivity index (χ4n) is 4.66. The van der Waals surface area contributed by atoms with Crippen molar-refractivity contribution in [3.63, 3.8) is 0 Å². The third kappa shape index (κ3) is 5.70. The van der Waals surface area contributed by atoms with Gasteiger partial charge in [-0.2, -0.15) is 0 Å². The number of benzene rings is 2. The van der Waals surface area contributed by atoms with Gasteiger partial charge < -0.3 is 0 Å². The van der Waals surface area contributed by atoms with Gasteiger partial charge in [-0.1, -0.05) is 107 Å². The molecule has 0 aliphatic carbocycles. The van der Waals surface area contributed by atoms with Crippen LogP contribution in [0.5, 0.6) is 0 Å². The van der Waals surface area contributed by atoms with E-state index in [2.05, 4.69) is 107 Å². The second kappa shape index (κ2) is 11.0. The summed E-state index contributed by atoms with van der Waals surface area (Å²) in [5.74, 6) is 0.617. The van der Waals surface area contributed by atoms with Crippen LogP contribution in [0.4, 0.5) is 0 Å². The molecule has 0 bridgehead atoms. The van der Waals surface area contributed by atoms with Gasteiger partial charge in [0, 0.05) is 11.1 Å². The predicted octanol–water partition coefficient (Wildman–Crippen LogP) is 9.49. The van der Waals surface area contributed by atoms with Crippen molar-refractivity contribution in [2.75, 3.05) is 0 Å². The van der Waals surface area contributed by atoms with Gasteiger partial charge in [0.15, 0.2) is 0 Å². The molecule has 0 saturated carbocycles. The maximum Gasteiger partial charge on any atom is 0.234 e. The maximum atomic E-state index is 14.1. The molecule has 2 aromatic rings. The Morgan fingerprint density at radius 1 is 0.412 bits per heavy atom. The Hall–Kier alpha value is -2.22. The minimum atomic E-state index is -0.358. The number of hydrogen-bond acceptors (Lipinski definition) is 2. The van der Waals surface area contributed by atoms with Gasteiger partial charge in [0.05, 0.1) is 0 Å². The Morgan fingerprint density at radius 3 is 0.765 bits per heavy atom. The molecule has 0 fully saturated rings. The highest BCUT2D eigenvalue weighted by molar-refractivity contribution is 6.50. The van der Waals surface area contributed by atoms with Crippen LogP contribution in [0.2, 0.25) is 0 Å². The molecule has 0 saturated heterocycles. The molecule has 0 radical (unpaired) electrons. The van der Waals surface area contributed by atoms with E-state index in [-0.39, 0.29) is 35.2 Å². The monoisotopic (exact) mass is 462 g/mol. The third-order valence-electron chi connectivity index (χ3n) is 6.93. The lowest BCUT2D eigenvalue weighted by atomic mass is 9.78. The number of ketones is 2. The topological polar surface area (TPSA) is 34.1 Å². The first-order valence-corrected chi connectivity index (χ1v) is 13.1. The number of hydrogen-bond donors (Lipinski definition) is 0. The van der Waals surface area contributed by atoms with E-state index < -0.39 is 0 Å². The zero-order valence-electron chi connectivity index (χ0n) is 23.6. The van der Waals surface area contributed by atoms with E-state index in [9.17, 15) is 9.59 Å². The van der Waals surface area contributed by atoms with Crippen LogP contribution in [0.25, 0.3) is 0 Å². The second-order valence-electron chi connectivity index (χ2n) is 11.7. The van der Waals surface area contributed by atoms with Gasteiger partial charge in [-0.25, -0.2) is 0 Å². The summed E-state index contributed by atoms with van der Waals surface area (Å²) in [7, 11) is 0. The number of carbonyl (C=O) groups is 2. The molecule has 0 aliphatic heterocycles. The Labute approximate surface area is 208 Å². The van der Waals surface area contributed by atoms with E-state index >= 15 is 0 Å². The molecule has 2 heteroatoms. The van der Waals surface area contributed by atoms with E-state index in [4.69, 9.17) is 0 Å². The van der Waals surface area contributed by atoms with Crippen molar-refractivity contribution >= 4 is 11.6 Å². The van der Waals surface area contributed by atoms with Crippen molar-refractivity contribution in [3.05, 3.63) is 68.8 Å². The Bertz CT molecular complexity index is 905. The molecular weight excluding hydrogens is 416 g/mol. The molecule has 0 heterocycles. The molecule has 34 heavy (non-hydrogen) atoms. The average Bonchev–Trinajstić information content (AvgIpc) is 2.75. The lowest BCUT2D eigenvalue weighted by Crippen LogP contribution is -2.23. The van der Waals surface area contributed by atoms with Crippen LogP contribution in [0.15, 0.2) is 24.3 Å². The molecule has 0 N–H and O–H groups in total. The third-order valence-corrected chi connectivity index (χ3v) is 6.93. The molecule has 2 rings (SSSR count). The lowest BCUT2D eigenvalue weighted by molar-refractivity contribution is 0.0814. The summed E-state index contributed by atoms with van der Waals surface area (Å²) in [4.78, 5) is 28.2. The first-order valence-electron chi connectivity index (χ1n) is 13.1. The number of carbonyl (C=O) groups excluding carboxylic acids is 2. The summed E-state index contributed by atoms with van der Waals surface area (Å²) in [5, 5.41) is 0. The lowest BCUT2D eigenvalue weighted by Gasteiger charge is -2.24. The molecule has 0 aliphatic rings. The zero-order chi connectivity index (χ0) is 26.1. The molecule has 2 aromatic carbocycles. The van der Waals surface area contributed by atoms with Gasteiger partial charge in [0.1, 0.15) is 0 Å². The molecule has 0 amide bonds. The van der Waals surface area contributed by atoms with E-state index in [1.54, 1.807) is 0 Å². The van der Waals surface area contributed by atoms with Gasteiger partial charge in [-0.15, -0.1) is 0 Å². The Balaban J connectivity index is 2.86. The number of rotatable bonds is 9. The van der Waals surface area contributed by atoms with E-state index in [0.29, 0.717) is 23.0 Å². The maximum absolute atomic E-state index is 14.1. The van der Waals surface area contributed by atoms with Gasteiger partial charge in [-0.05, 0) is 68.9 Å². The number of Topliss-reactive ketones (excluding diaryl/α,β-unsaturated/α-hetero) is 2. The van der Waals surface area contributed by atoms with Crippen molar-refractivity contribution in [1.29, 1.82) is 0 Å². The fraction of sp³-hybridized carbons (Fsp3) is 0.562. The summed E-state index contributed by atoms with van der Waals surface area (Å²) in [5.41, 5.74) is 7.65. The van der Waals surface area contributed by atoms with E-state index in [1.807, 2.05) is 0 Å². The molecule has 0 atom stereocenters. The highest BCUT2D eigenvalue weighted by Crippen LogP contribution is 2.36. The molecule has 0 unspecified atom stereocenters. The molecule has 186 valence electrons. The molecule has 2 nitrogen and oxygen atoms in total. The minimum absolute atomic E-state index is 0.153. The summed E-state index contributed by atoms with van der Waals surface area (Å²) in [6, 6.07) is 8.60. The van der Waals surface area contributed by atoms with Crippen LogP contribution < -0.4 is 0 Å². The molecule has 0 spiro atoms. The predicted molar refractivity (Wildman–Crippen MR) is 146 cm³/mol. The normalized spacial score (nSPS) is 12.2. The molecular formula is C32H46O2. The second-order valence-corrected chi connectivity index (χ2v) is 11.7. The Morgan fingerprint density at radius 2 is 0.618 bits per heavy atom. The Kier molecular flexibility index (Phi) is 9.08. The van der Waals surface area contributed by atoms with Gasteiger partial charge in [-0.3, -0.25) is 9.59 Å². The largest absolute Gasteiger partial charge is 0.285 e. The van der Waals surface area contributed by atoms with Crippen LogP contribution in [0.1, 0.15) is 173 Å². The summed E-state index contributed by atoms with van der Waals surface area (Å²) in [6.07, 6.45) is 0. The smallest absolute Gasteiger partial charge is 0.234 e. The highest BCUT2D eigenvalue weighted by atomic mass is 16.2. The zero-order valence-corrected chi connectivity index (χ0v) is 23.6. The first kappa shape index (κ1) is 28.0. The van der Waals surface area contributed by atoms with Gasteiger partial charge >= 0.3 is 0 Å². The van der Waals surface area contributed by atoms with Crippen molar-refractivity contribution in [1.82, 2.24) is 0 Å². The SMILES string of the molecule is CC(C)c1cc(C(C)C)c(C(=O)C(=O)c2c(C(C)C)cc(C(C)C)cc2C(C)C)c(C(C)C)c1. The summed E-state index contributed by atoms with van der Waals surface area (Å²) in [6.45, 7) is 25.6. The van der Waals surface area contributed by atoms with Crippen molar-refractivity contribution in [2.24, 2.45) is 0 Å². The van der Waals surface area contributed by atoms with Crippen LogP contribution in [-0.4, -0.2) is 11.6 Å². The standard InChI is InChI=1S/C32H46O2/c1-17(2)23-13-25(19(5)6)29(26(14-23)20(7)8)31(33)32(34)30-27(21(9)10)15-24(18(3)4)16-28(30)22(11)12/h13-22H,1-12H3. The van der Waals surface area contributed by atoms with Crippen LogP contribution in [0, 0.1) is 0 Å². The van der Waals surface area contributed by atoms with Crippen molar-refractivity contribution < 1.29 is 9.59 Å². The van der Waals surface area contributed by atoms with E-state index in [1.165, 1.54) is 11.1 Å². The minimum Gasteiger partial charge on any atom is -0.285 e.